The topological polar surface area (TPSA) is 91.7 Å². The highest BCUT2D eigenvalue weighted by Crippen LogP contribution is 2.65. The summed E-state index contributed by atoms with van der Waals surface area (Å²) < 4.78 is 0. The van der Waals surface area contributed by atoms with Gasteiger partial charge < -0.3 is 10.2 Å². The van der Waals surface area contributed by atoms with Crippen LogP contribution in [0.4, 0.5) is 0 Å². The highest BCUT2D eigenvalue weighted by molar-refractivity contribution is 5.96. The lowest BCUT2D eigenvalue weighted by atomic mass is 9.47. The zero-order chi connectivity index (χ0) is 18.9. The van der Waals surface area contributed by atoms with Gasteiger partial charge in [0.05, 0.1) is 0 Å². The van der Waals surface area contributed by atoms with Gasteiger partial charge in [0.2, 0.25) is 0 Å². The number of fused-ring (bicyclic) bond motifs is 5. The second-order valence-corrected chi connectivity index (χ2v) is 9.01. The molecule has 4 aliphatic carbocycles. The van der Waals surface area contributed by atoms with E-state index in [2.05, 4.69) is 6.08 Å². The standard InChI is InChI=1S/C21H26O5/c1-19-7-5-13(23)9-12(19)3-4-14-15-6-8-21(26,17(25)11-22)20(15,2)10-16(24)18(14)19/h3,5,7,14-15,18,22,26H,4,6,8-11H2,1-2H3/t14?,15-,18+,19?,20?,21-/m0/s1. The third-order valence-corrected chi connectivity index (χ3v) is 7.97. The summed E-state index contributed by atoms with van der Waals surface area (Å²) in [6.45, 7) is 3.18. The van der Waals surface area contributed by atoms with Crippen LogP contribution in [0.25, 0.3) is 0 Å². The van der Waals surface area contributed by atoms with E-state index in [1.165, 1.54) is 0 Å². The Morgan fingerprint density at radius 3 is 2.73 bits per heavy atom. The maximum Gasteiger partial charge on any atom is 0.190 e. The van der Waals surface area contributed by atoms with E-state index in [0.717, 1.165) is 5.57 Å². The van der Waals surface area contributed by atoms with Gasteiger partial charge in [-0.25, -0.2) is 0 Å². The maximum atomic E-state index is 13.3. The molecular weight excluding hydrogens is 332 g/mol. The fourth-order valence-corrected chi connectivity index (χ4v) is 6.53. The van der Waals surface area contributed by atoms with Gasteiger partial charge in [-0.05, 0) is 37.2 Å². The molecule has 0 aromatic heterocycles. The number of aliphatic hydroxyl groups is 2. The number of carbonyl (C=O) groups excluding carboxylic acids is 3. The largest absolute Gasteiger partial charge is 0.388 e. The van der Waals surface area contributed by atoms with Crippen LogP contribution < -0.4 is 0 Å². The van der Waals surface area contributed by atoms with E-state index < -0.39 is 28.8 Å². The lowest BCUT2D eigenvalue weighted by Gasteiger charge is -2.56. The number of aliphatic hydroxyl groups excluding tert-OH is 1. The molecule has 6 atom stereocenters. The molecule has 0 amide bonds. The van der Waals surface area contributed by atoms with Crippen LogP contribution in [0.15, 0.2) is 23.8 Å². The smallest absolute Gasteiger partial charge is 0.190 e. The number of allylic oxidation sites excluding steroid dienone is 4. The highest BCUT2D eigenvalue weighted by Gasteiger charge is 2.67. The summed E-state index contributed by atoms with van der Waals surface area (Å²) in [7, 11) is 0. The Morgan fingerprint density at radius 1 is 1.31 bits per heavy atom. The Hall–Kier alpha value is -1.59. The van der Waals surface area contributed by atoms with Crippen molar-refractivity contribution in [2.24, 2.45) is 28.6 Å². The van der Waals surface area contributed by atoms with Gasteiger partial charge in [-0.15, -0.1) is 0 Å². The lowest BCUT2D eigenvalue weighted by Crippen LogP contribution is -2.60. The molecule has 0 aromatic carbocycles. The number of ketones is 3. The van der Waals surface area contributed by atoms with Crippen molar-refractivity contribution in [2.75, 3.05) is 6.61 Å². The number of rotatable bonds is 2. The minimum atomic E-state index is -1.63. The Morgan fingerprint density at radius 2 is 2.04 bits per heavy atom. The highest BCUT2D eigenvalue weighted by atomic mass is 16.3. The van der Waals surface area contributed by atoms with Crippen LogP contribution in [0, 0.1) is 28.6 Å². The average Bonchev–Trinajstić information content (AvgIpc) is 2.86. The van der Waals surface area contributed by atoms with E-state index in [0.29, 0.717) is 25.7 Å². The monoisotopic (exact) mass is 358 g/mol. The van der Waals surface area contributed by atoms with Gasteiger partial charge in [-0.2, -0.15) is 0 Å². The van der Waals surface area contributed by atoms with Crippen molar-refractivity contribution in [1.82, 2.24) is 0 Å². The zero-order valence-corrected chi connectivity index (χ0v) is 15.3. The molecule has 0 bridgehead atoms. The van der Waals surface area contributed by atoms with Crippen LogP contribution in [-0.4, -0.2) is 39.8 Å². The van der Waals surface area contributed by atoms with Crippen LogP contribution >= 0.6 is 0 Å². The first-order valence-corrected chi connectivity index (χ1v) is 9.48. The summed E-state index contributed by atoms with van der Waals surface area (Å²) in [6, 6.07) is 0. The molecule has 0 heterocycles. The fraction of sp³-hybridized carbons (Fsp3) is 0.667. The van der Waals surface area contributed by atoms with Crippen LogP contribution in [-0.2, 0) is 14.4 Å². The lowest BCUT2D eigenvalue weighted by molar-refractivity contribution is -0.167. The van der Waals surface area contributed by atoms with Crippen LogP contribution in [0.2, 0.25) is 0 Å². The first kappa shape index (κ1) is 17.8. The van der Waals surface area contributed by atoms with Gasteiger partial charge in [0, 0.05) is 29.6 Å². The number of hydrogen-bond acceptors (Lipinski definition) is 5. The first-order chi connectivity index (χ1) is 12.2. The average molecular weight is 358 g/mol. The van der Waals surface area contributed by atoms with Crippen molar-refractivity contribution >= 4 is 17.3 Å². The molecule has 3 unspecified atom stereocenters. The van der Waals surface area contributed by atoms with E-state index in [1.807, 2.05) is 19.9 Å². The molecule has 5 heteroatoms. The molecule has 4 rings (SSSR count). The van der Waals surface area contributed by atoms with Gasteiger partial charge in [-0.3, -0.25) is 14.4 Å². The Labute approximate surface area is 153 Å². The molecule has 0 saturated heterocycles. The Balaban J connectivity index is 1.77. The predicted molar refractivity (Wildman–Crippen MR) is 94.0 cm³/mol. The molecule has 2 saturated carbocycles. The third-order valence-electron chi connectivity index (χ3n) is 7.97. The van der Waals surface area contributed by atoms with Crippen molar-refractivity contribution in [2.45, 2.75) is 51.6 Å². The van der Waals surface area contributed by atoms with E-state index in [4.69, 9.17) is 0 Å². The summed E-state index contributed by atoms with van der Waals surface area (Å²) in [5.41, 5.74) is -1.88. The minimum Gasteiger partial charge on any atom is -0.388 e. The molecule has 140 valence electrons. The van der Waals surface area contributed by atoms with Crippen LogP contribution in [0.1, 0.15) is 46.0 Å². The van der Waals surface area contributed by atoms with E-state index in [1.54, 1.807) is 6.08 Å². The molecule has 4 aliphatic rings. The fourth-order valence-electron chi connectivity index (χ4n) is 6.53. The number of hydrogen-bond donors (Lipinski definition) is 2. The zero-order valence-electron chi connectivity index (χ0n) is 15.3. The van der Waals surface area contributed by atoms with Gasteiger partial charge in [0.25, 0.3) is 0 Å². The molecule has 0 aromatic rings. The van der Waals surface area contributed by atoms with Crippen molar-refractivity contribution in [3.63, 3.8) is 0 Å². The second kappa shape index (κ2) is 5.46. The minimum absolute atomic E-state index is 0.0475. The van der Waals surface area contributed by atoms with Crippen molar-refractivity contribution in [3.05, 3.63) is 23.8 Å². The maximum absolute atomic E-state index is 13.3. The molecular formula is C21H26O5. The normalized spacial score (nSPS) is 47.1. The van der Waals surface area contributed by atoms with Crippen molar-refractivity contribution in [3.8, 4) is 0 Å². The van der Waals surface area contributed by atoms with Gasteiger partial charge in [0.15, 0.2) is 11.6 Å². The Bertz CT molecular complexity index is 764. The second-order valence-electron chi connectivity index (χ2n) is 9.01. The number of carbonyl (C=O) groups is 3. The molecule has 0 aliphatic heterocycles. The van der Waals surface area contributed by atoms with Gasteiger partial charge in [-0.1, -0.05) is 31.6 Å². The summed E-state index contributed by atoms with van der Waals surface area (Å²) in [5.74, 6) is -0.553. The van der Waals surface area contributed by atoms with Gasteiger partial charge in [0.1, 0.15) is 18.0 Å². The van der Waals surface area contributed by atoms with E-state index >= 15 is 0 Å². The summed E-state index contributed by atoms with van der Waals surface area (Å²) >= 11 is 0. The summed E-state index contributed by atoms with van der Waals surface area (Å²) in [6.07, 6.45) is 7.78. The third kappa shape index (κ3) is 2.01. The number of Topliss-reactive ketones (excluding diaryl/α,β-unsaturated/α-hetero) is 2. The quantitative estimate of drug-likeness (QED) is 0.734. The van der Waals surface area contributed by atoms with Crippen molar-refractivity contribution in [1.29, 1.82) is 0 Å². The molecule has 2 fully saturated rings. The molecule has 0 radical (unpaired) electrons. The first-order valence-electron chi connectivity index (χ1n) is 9.48. The summed E-state index contributed by atoms with van der Waals surface area (Å²) in [5, 5.41) is 20.5. The van der Waals surface area contributed by atoms with Gasteiger partial charge >= 0.3 is 0 Å². The van der Waals surface area contributed by atoms with E-state index in [-0.39, 0.29) is 35.7 Å². The molecule has 26 heavy (non-hydrogen) atoms. The molecule has 2 N–H and O–H groups in total. The predicted octanol–water partition coefficient (Wildman–Crippen LogP) is 1.77. The Kier molecular flexibility index (Phi) is 3.74. The van der Waals surface area contributed by atoms with Crippen molar-refractivity contribution < 1.29 is 24.6 Å². The SMILES string of the molecule is CC12C=CC(=O)CC1=CCC1[C@@H]2C(=O)CC2(C)[C@H]1CC[C@]2(O)C(=O)CO. The van der Waals surface area contributed by atoms with Crippen LogP contribution in [0.5, 0.6) is 0 Å². The summed E-state index contributed by atoms with van der Waals surface area (Å²) in [4.78, 5) is 37.4. The van der Waals surface area contributed by atoms with E-state index in [9.17, 15) is 24.6 Å². The molecule has 0 spiro atoms. The molecule has 5 nitrogen and oxygen atoms in total. The van der Waals surface area contributed by atoms with Crippen LogP contribution in [0.3, 0.4) is 0 Å².